The maximum absolute atomic E-state index is 12.4. The summed E-state index contributed by atoms with van der Waals surface area (Å²) in [5, 5.41) is 5.38. The van der Waals surface area contributed by atoms with Gasteiger partial charge in [0, 0.05) is 12.0 Å². The minimum atomic E-state index is -0.166. The first-order valence-electron chi connectivity index (χ1n) is 6.69. The van der Waals surface area contributed by atoms with Gasteiger partial charge in [-0.3, -0.25) is 4.79 Å². The lowest BCUT2D eigenvalue weighted by Crippen LogP contribution is -2.45. The average Bonchev–Trinajstić information content (AvgIpc) is 2.75. The molecule has 0 bridgehead atoms. The summed E-state index contributed by atoms with van der Waals surface area (Å²) in [6, 6.07) is 5.48. The van der Waals surface area contributed by atoms with Crippen LogP contribution in [-0.4, -0.2) is 17.5 Å². The predicted octanol–water partition coefficient (Wildman–Crippen LogP) is 3.67. The molecule has 0 amide bonds. The fourth-order valence-electron chi connectivity index (χ4n) is 3.18. The van der Waals surface area contributed by atoms with Crippen molar-refractivity contribution in [3.8, 4) is 0 Å². The zero-order valence-corrected chi connectivity index (χ0v) is 12.9. The van der Waals surface area contributed by atoms with Crippen LogP contribution in [0.1, 0.15) is 32.3 Å². The van der Waals surface area contributed by atoms with E-state index in [2.05, 4.69) is 24.4 Å². The molecule has 0 spiro atoms. The van der Waals surface area contributed by atoms with E-state index in [9.17, 15) is 4.79 Å². The third kappa shape index (κ3) is 2.33. The van der Waals surface area contributed by atoms with Crippen molar-refractivity contribution >= 4 is 34.7 Å². The molecule has 20 heavy (non-hydrogen) atoms. The number of hydrazone groups is 1. The molecule has 3 nitrogen and oxygen atoms in total. The number of carbonyl (C=O) groups excluding carboxylic acids is 1. The normalized spacial score (nSPS) is 27.8. The molecule has 0 radical (unpaired) electrons. The highest BCUT2D eigenvalue weighted by molar-refractivity contribution is 6.42. The van der Waals surface area contributed by atoms with Crippen molar-refractivity contribution in [3.63, 3.8) is 0 Å². The third-order valence-electron chi connectivity index (χ3n) is 4.04. The van der Waals surface area contributed by atoms with E-state index in [0.29, 0.717) is 16.5 Å². The molecule has 0 saturated heterocycles. The van der Waals surface area contributed by atoms with Crippen LogP contribution in [0.3, 0.4) is 0 Å². The molecule has 1 aliphatic carbocycles. The van der Waals surface area contributed by atoms with Gasteiger partial charge in [0.2, 0.25) is 0 Å². The molecule has 1 saturated carbocycles. The first-order valence-corrected chi connectivity index (χ1v) is 7.44. The van der Waals surface area contributed by atoms with E-state index < -0.39 is 0 Å². The summed E-state index contributed by atoms with van der Waals surface area (Å²) < 4.78 is 0. The highest BCUT2D eigenvalue weighted by Crippen LogP contribution is 2.40. The molecular formula is C15H16Cl2N2O. The van der Waals surface area contributed by atoms with Crippen LogP contribution in [0.4, 0.5) is 0 Å². The summed E-state index contributed by atoms with van der Waals surface area (Å²) in [5.74, 6) is 0.0846. The van der Waals surface area contributed by atoms with E-state index in [4.69, 9.17) is 23.2 Å². The van der Waals surface area contributed by atoms with E-state index in [0.717, 1.165) is 17.7 Å². The van der Waals surface area contributed by atoms with Crippen LogP contribution < -0.4 is 5.43 Å². The van der Waals surface area contributed by atoms with Gasteiger partial charge < -0.3 is 5.43 Å². The van der Waals surface area contributed by atoms with E-state index in [1.165, 1.54) is 0 Å². The Kier molecular flexibility index (Phi) is 3.30. The summed E-state index contributed by atoms with van der Waals surface area (Å²) >= 11 is 12.0. The van der Waals surface area contributed by atoms with Gasteiger partial charge in [0.05, 0.1) is 27.7 Å². The van der Waals surface area contributed by atoms with E-state index >= 15 is 0 Å². The Labute approximate surface area is 128 Å². The number of nitrogens with zero attached hydrogens (tertiary/aromatic N) is 1. The molecule has 5 heteroatoms. The second-order valence-corrected chi connectivity index (χ2v) is 7.17. The number of ketones is 1. The number of hydrogen-bond donors (Lipinski definition) is 1. The number of nitrogens with one attached hydrogen (secondary N) is 1. The Morgan fingerprint density at radius 3 is 2.75 bits per heavy atom. The average molecular weight is 311 g/mol. The van der Waals surface area contributed by atoms with E-state index in [1.807, 2.05) is 6.07 Å². The topological polar surface area (TPSA) is 41.5 Å². The van der Waals surface area contributed by atoms with Gasteiger partial charge in [0.25, 0.3) is 0 Å². The van der Waals surface area contributed by atoms with Gasteiger partial charge in [-0.05, 0) is 24.0 Å². The van der Waals surface area contributed by atoms with Crippen LogP contribution in [-0.2, 0) is 4.79 Å². The molecular weight excluding hydrogens is 295 g/mol. The van der Waals surface area contributed by atoms with Crippen LogP contribution in [0, 0.1) is 11.3 Å². The van der Waals surface area contributed by atoms with Gasteiger partial charge in [-0.1, -0.05) is 43.1 Å². The smallest absolute Gasteiger partial charge is 0.144 e. The van der Waals surface area contributed by atoms with Crippen molar-refractivity contribution in [3.05, 3.63) is 33.8 Å². The van der Waals surface area contributed by atoms with Crippen molar-refractivity contribution in [2.45, 2.75) is 32.7 Å². The summed E-state index contributed by atoms with van der Waals surface area (Å²) in [5.41, 5.74) is 4.81. The molecule has 1 aromatic carbocycles. The Hall–Kier alpha value is -1.06. The number of carbonyl (C=O) groups is 1. The fraction of sp³-hybridized carbons (Fsp3) is 0.467. The molecule has 3 rings (SSSR count). The van der Waals surface area contributed by atoms with E-state index in [1.54, 1.807) is 12.1 Å². The zero-order valence-electron chi connectivity index (χ0n) is 11.4. The summed E-state index contributed by atoms with van der Waals surface area (Å²) in [6.45, 7) is 4.25. The van der Waals surface area contributed by atoms with Gasteiger partial charge in [0.1, 0.15) is 5.78 Å². The van der Waals surface area contributed by atoms with Crippen LogP contribution in [0.5, 0.6) is 0 Å². The minimum absolute atomic E-state index is 0.0356. The second kappa shape index (κ2) is 4.74. The van der Waals surface area contributed by atoms with E-state index in [-0.39, 0.29) is 23.2 Å². The molecule has 106 valence electrons. The van der Waals surface area contributed by atoms with Gasteiger partial charge in [-0.2, -0.15) is 5.10 Å². The highest BCUT2D eigenvalue weighted by Gasteiger charge is 2.46. The number of rotatable bonds is 1. The summed E-state index contributed by atoms with van der Waals surface area (Å²) in [7, 11) is 0. The Morgan fingerprint density at radius 1 is 1.30 bits per heavy atom. The van der Waals surface area contributed by atoms with Gasteiger partial charge in [-0.15, -0.1) is 0 Å². The number of fused-ring (bicyclic) bond motifs is 1. The Morgan fingerprint density at radius 2 is 2.05 bits per heavy atom. The lowest BCUT2D eigenvalue weighted by Gasteiger charge is -2.36. The van der Waals surface area contributed by atoms with Gasteiger partial charge >= 0.3 is 0 Å². The second-order valence-electron chi connectivity index (χ2n) is 6.35. The number of Topliss-reactive ketones (excluding diaryl/α,β-unsaturated/α-hetero) is 1. The lowest BCUT2D eigenvalue weighted by molar-refractivity contribution is -0.126. The first kappa shape index (κ1) is 13.9. The monoisotopic (exact) mass is 310 g/mol. The molecule has 0 aromatic heterocycles. The Balaban J connectivity index is 1.93. The van der Waals surface area contributed by atoms with Crippen LogP contribution >= 0.6 is 23.2 Å². The summed E-state index contributed by atoms with van der Waals surface area (Å²) in [6.07, 6.45) is 1.54. The zero-order chi connectivity index (χ0) is 14.5. The molecule has 1 N–H and O–H groups in total. The van der Waals surface area contributed by atoms with Crippen molar-refractivity contribution < 1.29 is 4.79 Å². The SMILES string of the molecule is CC1(C)CC(=O)[C@H]2C(c3ccc(Cl)c(Cl)c3)=NN[C@H]2C1. The molecule has 2 aliphatic rings. The summed E-state index contributed by atoms with van der Waals surface area (Å²) in [4.78, 5) is 12.4. The molecule has 1 fully saturated rings. The van der Waals surface area contributed by atoms with Gasteiger partial charge in [-0.25, -0.2) is 0 Å². The molecule has 2 atom stereocenters. The number of hydrogen-bond acceptors (Lipinski definition) is 3. The minimum Gasteiger partial charge on any atom is -0.306 e. The first-order chi connectivity index (χ1) is 9.37. The largest absolute Gasteiger partial charge is 0.306 e. The molecule has 1 aliphatic heterocycles. The van der Waals surface area contributed by atoms with Crippen LogP contribution in [0.25, 0.3) is 0 Å². The molecule has 0 unspecified atom stereocenters. The van der Waals surface area contributed by atoms with Crippen LogP contribution in [0.2, 0.25) is 10.0 Å². The number of benzene rings is 1. The van der Waals surface area contributed by atoms with Crippen molar-refractivity contribution in [1.29, 1.82) is 0 Å². The molecule has 1 heterocycles. The lowest BCUT2D eigenvalue weighted by atomic mass is 9.68. The van der Waals surface area contributed by atoms with Crippen molar-refractivity contribution in [1.82, 2.24) is 5.43 Å². The number of halogens is 2. The predicted molar refractivity (Wildman–Crippen MR) is 81.4 cm³/mol. The standard InChI is InChI=1S/C15H16Cl2N2O/c1-15(2)6-11-13(12(20)7-15)14(19-18-11)8-3-4-9(16)10(17)5-8/h3-5,11,13,18H,6-7H2,1-2H3/t11-,13-/m0/s1. The van der Waals surface area contributed by atoms with Crippen molar-refractivity contribution in [2.75, 3.05) is 0 Å². The van der Waals surface area contributed by atoms with Crippen LogP contribution in [0.15, 0.2) is 23.3 Å². The quantitative estimate of drug-likeness (QED) is 0.859. The maximum Gasteiger partial charge on any atom is 0.144 e. The molecule has 1 aromatic rings. The maximum atomic E-state index is 12.4. The highest BCUT2D eigenvalue weighted by atomic mass is 35.5. The fourth-order valence-corrected chi connectivity index (χ4v) is 3.47. The van der Waals surface area contributed by atoms with Crippen molar-refractivity contribution in [2.24, 2.45) is 16.4 Å². The Bertz CT molecular complexity index is 610. The third-order valence-corrected chi connectivity index (χ3v) is 4.77. The van der Waals surface area contributed by atoms with Gasteiger partial charge in [0.15, 0.2) is 0 Å².